The molecule has 0 bridgehead atoms. The molecule has 1 saturated carbocycles. The normalized spacial score (nSPS) is 19.6. The largest absolute Gasteiger partial charge is 0.478 e. The van der Waals surface area contributed by atoms with Crippen LogP contribution in [-0.2, 0) is 4.79 Å². The summed E-state index contributed by atoms with van der Waals surface area (Å²) in [7, 11) is 0. The molecule has 2 nitrogen and oxygen atoms in total. The highest BCUT2D eigenvalue weighted by Crippen LogP contribution is 2.28. The molecular formula is C12H20O2. The average molecular weight is 196 g/mol. The van der Waals surface area contributed by atoms with Crippen LogP contribution in [0.4, 0.5) is 0 Å². The first-order valence-corrected chi connectivity index (χ1v) is 5.62. The van der Waals surface area contributed by atoms with Crippen molar-refractivity contribution in [3.8, 4) is 0 Å². The summed E-state index contributed by atoms with van der Waals surface area (Å²) in [6.45, 7) is 1.81. The average Bonchev–Trinajstić information content (AvgIpc) is 2.20. The molecule has 0 aliphatic heterocycles. The lowest BCUT2D eigenvalue weighted by atomic mass is 9.85. The zero-order valence-corrected chi connectivity index (χ0v) is 8.96. The highest BCUT2D eigenvalue weighted by Gasteiger charge is 2.15. The van der Waals surface area contributed by atoms with Gasteiger partial charge in [0.25, 0.3) is 0 Å². The molecule has 0 atom stereocenters. The van der Waals surface area contributed by atoms with Gasteiger partial charge in [0.2, 0.25) is 0 Å². The molecule has 0 radical (unpaired) electrons. The summed E-state index contributed by atoms with van der Waals surface area (Å²) in [5.74, 6) is 0.0290. The Balaban J connectivity index is 2.27. The molecule has 1 aliphatic rings. The first-order valence-electron chi connectivity index (χ1n) is 5.62. The van der Waals surface area contributed by atoms with Gasteiger partial charge in [-0.25, -0.2) is 4.79 Å². The smallest absolute Gasteiger partial charge is 0.331 e. The number of carbonyl (C=O) groups is 1. The van der Waals surface area contributed by atoms with Crippen molar-refractivity contribution in [2.75, 3.05) is 0 Å². The highest BCUT2D eigenvalue weighted by atomic mass is 16.4. The van der Waals surface area contributed by atoms with Gasteiger partial charge in [-0.15, -0.1) is 0 Å². The minimum absolute atomic E-state index is 0.579. The maximum atomic E-state index is 10.7. The van der Waals surface area contributed by atoms with Gasteiger partial charge in [0, 0.05) is 5.57 Å². The molecule has 80 valence electrons. The number of hydrogen-bond acceptors (Lipinski definition) is 1. The first-order chi connectivity index (χ1) is 6.74. The summed E-state index contributed by atoms with van der Waals surface area (Å²) in [6, 6.07) is 0. The van der Waals surface area contributed by atoms with E-state index in [0.717, 1.165) is 18.8 Å². The second-order valence-corrected chi connectivity index (χ2v) is 4.16. The van der Waals surface area contributed by atoms with Crippen LogP contribution in [0.25, 0.3) is 0 Å². The Morgan fingerprint density at radius 3 is 2.50 bits per heavy atom. The number of hydrogen-bond donors (Lipinski definition) is 1. The minimum Gasteiger partial charge on any atom is -0.478 e. The maximum Gasteiger partial charge on any atom is 0.331 e. The Labute approximate surface area is 86.0 Å². The van der Waals surface area contributed by atoms with E-state index in [1.165, 1.54) is 32.1 Å². The van der Waals surface area contributed by atoms with Crippen molar-refractivity contribution in [2.24, 2.45) is 5.92 Å². The Kier molecular flexibility index (Phi) is 4.71. The van der Waals surface area contributed by atoms with Gasteiger partial charge in [0.05, 0.1) is 0 Å². The number of carboxylic acid groups (broad SMARTS) is 1. The second kappa shape index (κ2) is 5.84. The topological polar surface area (TPSA) is 37.3 Å². The highest BCUT2D eigenvalue weighted by molar-refractivity contribution is 5.86. The molecule has 0 amide bonds. The van der Waals surface area contributed by atoms with E-state index in [1.54, 1.807) is 6.08 Å². The Morgan fingerprint density at radius 1 is 1.36 bits per heavy atom. The van der Waals surface area contributed by atoms with Gasteiger partial charge in [-0.2, -0.15) is 0 Å². The Bertz CT molecular complexity index is 212. The van der Waals surface area contributed by atoms with E-state index in [1.807, 2.05) is 6.92 Å². The minimum atomic E-state index is -0.747. The lowest BCUT2D eigenvalue weighted by Crippen LogP contribution is -2.08. The summed E-state index contributed by atoms with van der Waals surface area (Å²) in [4.78, 5) is 10.7. The van der Waals surface area contributed by atoms with Gasteiger partial charge in [-0.05, 0) is 25.7 Å². The lowest BCUT2D eigenvalue weighted by molar-refractivity contribution is -0.132. The molecule has 1 aliphatic carbocycles. The zero-order valence-electron chi connectivity index (χ0n) is 8.96. The first kappa shape index (κ1) is 11.3. The molecule has 0 aromatic heterocycles. The Morgan fingerprint density at radius 2 is 2.00 bits per heavy atom. The van der Waals surface area contributed by atoms with Crippen molar-refractivity contribution in [3.05, 3.63) is 11.6 Å². The van der Waals surface area contributed by atoms with E-state index in [4.69, 9.17) is 5.11 Å². The fourth-order valence-electron chi connectivity index (χ4n) is 2.21. The molecule has 0 unspecified atom stereocenters. The van der Waals surface area contributed by atoms with Crippen molar-refractivity contribution in [3.63, 3.8) is 0 Å². The third kappa shape index (κ3) is 3.52. The van der Waals surface area contributed by atoms with Crippen molar-refractivity contribution in [2.45, 2.75) is 51.9 Å². The van der Waals surface area contributed by atoms with E-state index in [0.29, 0.717) is 5.57 Å². The SMILES string of the molecule is C/C=C(\CCC1CCCCC1)C(=O)O. The molecule has 2 heteroatoms. The molecule has 0 saturated heterocycles. The molecule has 0 aromatic carbocycles. The quantitative estimate of drug-likeness (QED) is 0.700. The standard InChI is InChI=1S/C12H20O2/c1-2-11(12(13)14)9-8-10-6-4-3-5-7-10/h2,10H,3-9H2,1H3,(H,13,14)/b11-2+. The van der Waals surface area contributed by atoms with Gasteiger partial charge < -0.3 is 5.11 Å². The molecule has 0 spiro atoms. The fourth-order valence-corrected chi connectivity index (χ4v) is 2.21. The van der Waals surface area contributed by atoms with Crippen molar-refractivity contribution in [1.29, 1.82) is 0 Å². The summed E-state index contributed by atoms with van der Waals surface area (Å²) >= 11 is 0. The van der Waals surface area contributed by atoms with Crippen molar-refractivity contribution in [1.82, 2.24) is 0 Å². The van der Waals surface area contributed by atoms with Gasteiger partial charge >= 0.3 is 5.97 Å². The molecule has 14 heavy (non-hydrogen) atoms. The molecule has 1 rings (SSSR count). The van der Waals surface area contributed by atoms with Gasteiger partial charge in [0.15, 0.2) is 0 Å². The third-order valence-corrected chi connectivity index (χ3v) is 3.17. The summed E-state index contributed by atoms with van der Waals surface area (Å²) < 4.78 is 0. The van der Waals surface area contributed by atoms with E-state index < -0.39 is 5.97 Å². The van der Waals surface area contributed by atoms with Crippen LogP contribution in [-0.4, -0.2) is 11.1 Å². The predicted molar refractivity (Wildman–Crippen MR) is 57.2 cm³/mol. The van der Waals surface area contributed by atoms with E-state index in [-0.39, 0.29) is 0 Å². The van der Waals surface area contributed by atoms with Crippen molar-refractivity contribution < 1.29 is 9.90 Å². The number of allylic oxidation sites excluding steroid dienone is 1. The summed E-state index contributed by atoms with van der Waals surface area (Å²) in [5.41, 5.74) is 0.579. The monoisotopic (exact) mass is 196 g/mol. The lowest BCUT2D eigenvalue weighted by Gasteiger charge is -2.21. The van der Waals surface area contributed by atoms with Crippen LogP contribution in [0.1, 0.15) is 51.9 Å². The number of aliphatic carboxylic acids is 1. The molecule has 0 heterocycles. The molecule has 1 N–H and O–H groups in total. The number of carboxylic acids is 1. The van der Waals surface area contributed by atoms with Crippen LogP contribution in [0.15, 0.2) is 11.6 Å². The van der Waals surface area contributed by atoms with E-state index in [2.05, 4.69) is 0 Å². The van der Waals surface area contributed by atoms with E-state index in [9.17, 15) is 4.79 Å². The van der Waals surface area contributed by atoms with Crippen LogP contribution in [0, 0.1) is 5.92 Å². The van der Waals surface area contributed by atoms with Gasteiger partial charge in [0.1, 0.15) is 0 Å². The predicted octanol–water partition coefficient (Wildman–Crippen LogP) is 3.38. The third-order valence-electron chi connectivity index (χ3n) is 3.17. The second-order valence-electron chi connectivity index (χ2n) is 4.16. The number of rotatable bonds is 4. The van der Waals surface area contributed by atoms with E-state index >= 15 is 0 Å². The maximum absolute atomic E-state index is 10.7. The molecule has 1 fully saturated rings. The van der Waals surface area contributed by atoms with Crippen LogP contribution < -0.4 is 0 Å². The summed E-state index contributed by atoms with van der Waals surface area (Å²) in [5, 5.41) is 8.83. The van der Waals surface area contributed by atoms with Crippen LogP contribution in [0.5, 0.6) is 0 Å². The Hall–Kier alpha value is -0.790. The van der Waals surface area contributed by atoms with Gasteiger partial charge in [-0.3, -0.25) is 0 Å². The van der Waals surface area contributed by atoms with Gasteiger partial charge in [-0.1, -0.05) is 38.2 Å². The van der Waals surface area contributed by atoms with Crippen LogP contribution >= 0.6 is 0 Å². The van der Waals surface area contributed by atoms with Crippen molar-refractivity contribution >= 4 is 5.97 Å². The molecular weight excluding hydrogens is 176 g/mol. The zero-order chi connectivity index (χ0) is 10.4. The molecule has 0 aromatic rings. The van der Waals surface area contributed by atoms with Crippen LogP contribution in [0.2, 0.25) is 0 Å². The van der Waals surface area contributed by atoms with Crippen LogP contribution in [0.3, 0.4) is 0 Å². The fraction of sp³-hybridized carbons (Fsp3) is 0.750. The summed E-state index contributed by atoms with van der Waals surface area (Å²) in [6.07, 6.45) is 10.2.